The van der Waals surface area contributed by atoms with Gasteiger partial charge in [0.25, 0.3) is 5.70 Å². The highest BCUT2D eigenvalue weighted by molar-refractivity contribution is 8.24. The zero-order chi connectivity index (χ0) is 13.3. The smallest absolute Gasteiger partial charge is 0.282 e. The van der Waals surface area contributed by atoms with E-state index in [1.807, 2.05) is 13.0 Å². The molecule has 2 rings (SSSR count). The van der Waals surface area contributed by atoms with Crippen molar-refractivity contribution >= 4 is 23.5 Å². The maximum Gasteiger partial charge on any atom is 0.282 e. The Kier molecular flexibility index (Phi) is 3.42. The SMILES string of the molecule is [C-]#[N+]/C(C#N)=C1\Sc2c(O)cc(CC)c(O)c2S1. The molecule has 1 aliphatic heterocycles. The Morgan fingerprint density at radius 2 is 2.11 bits per heavy atom. The van der Waals surface area contributed by atoms with Gasteiger partial charge in [0.1, 0.15) is 11.5 Å². The summed E-state index contributed by atoms with van der Waals surface area (Å²) in [6, 6.07) is 3.34. The van der Waals surface area contributed by atoms with Gasteiger partial charge in [0.2, 0.25) is 0 Å². The third-order valence-electron chi connectivity index (χ3n) is 2.45. The molecule has 6 heteroatoms. The van der Waals surface area contributed by atoms with Crippen molar-refractivity contribution in [3.05, 3.63) is 33.0 Å². The predicted molar refractivity (Wildman–Crippen MR) is 70.1 cm³/mol. The number of aryl methyl sites for hydroxylation is 1. The summed E-state index contributed by atoms with van der Waals surface area (Å²) in [5, 5.41) is 28.8. The van der Waals surface area contributed by atoms with Crippen LogP contribution in [0.1, 0.15) is 12.5 Å². The highest BCUT2D eigenvalue weighted by Gasteiger charge is 2.28. The van der Waals surface area contributed by atoms with Crippen LogP contribution < -0.4 is 0 Å². The van der Waals surface area contributed by atoms with Crippen LogP contribution in [0.3, 0.4) is 0 Å². The third kappa shape index (κ3) is 1.90. The van der Waals surface area contributed by atoms with Crippen LogP contribution in [-0.4, -0.2) is 10.2 Å². The molecule has 1 aliphatic rings. The number of fused-ring (bicyclic) bond motifs is 1. The van der Waals surface area contributed by atoms with Crippen LogP contribution in [-0.2, 0) is 6.42 Å². The second-order valence-electron chi connectivity index (χ2n) is 3.48. The maximum absolute atomic E-state index is 10.1. The Labute approximate surface area is 113 Å². The summed E-state index contributed by atoms with van der Waals surface area (Å²) >= 11 is 2.31. The lowest BCUT2D eigenvalue weighted by Gasteiger charge is -2.07. The third-order valence-corrected chi connectivity index (χ3v) is 5.06. The molecule has 0 saturated carbocycles. The van der Waals surface area contributed by atoms with Crippen LogP contribution in [0, 0.1) is 17.9 Å². The second-order valence-corrected chi connectivity index (χ2v) is 5.78. The van der Waals surface area contributed by atoms with Crippen molar-refractivity contribution in [3.8, 4) is 17.6 Å². The Hall–Kier alpha value is -1.76. The minimum Gasteiger partial charge on any atom is -0.507 e. The summed E-state index contributed by atoms with van der Waals surface area (Å²) in [5.74, 6) is 0.203. The summed E-state index contributed by atoms with van der Waals surface area (Å²) in [7, 11) is 0. The molecule has 0 fully saturated rings. The Morgan fingerprint density at radius 3 is 2.67 bits per heavy atom. The van der Waals surface area contributed by atoms with Crippen molar-refractivity contribution in [1.29, 1.82) is 5.26 Å². The van der Waals surface area contributed by atoms with E-state index in [-0.39, 0.29) is 17.2 Å². The molecule has 18 heavy (non-hydrogen) atoms. The summed E-state index contributed by atoms with van der Waals surface area (Å²) in [6.07, 6.45) is 0.602. The van der Waals surface area contributed by atoms with Gasteiger partial charge in [-0.05, 0) is 18.1 Å². The standard InChI is InChI=1S/C12H8N2O2S2/c1-3-6-4-8(15)10-11(9(6)16)18-12(17-10)7(5-13)14-2/h4,15-16H,3H2,1H3/b12-7+. The molecule has 1 heterocycles. The highest BCUT2D eigenvalue weighted by Crippen LogP contribution is 2.59. The van der Waals surface area contributed by atoms with E-state index >= 15 is 0 Å². The fraction of sp³-hybridized carbons (Fsp3) is 0.167. The van der Waals surface area contributed by atoms with Gasteiger partial charge in [-0.25, -0.2) is 10.1 Å². The molecule has 0 saturated heterocycles. The molecule has 0 amide bonds. The number of rotatable bonds is 1. The maximum atomic E-state index is 10.1. The lowest BCUT2D eigenvalue weighted by atomic mass is 10.1. The topological polar surface area (TPSA) is 68.6 Å². The van der Waals surface area contributed by atoms with Crippen LogP contribution in [0.15, 0.2) is 25.8 Å². The molecular formula is C12H8N2O2S2. The zero-order valence-corrected chi connectivity index (χ0v) is 11.0. The number of hydrogen-bond acceptors (Lipinski definition) is 5. The van der Waals surface area contributed by atoms with E-state index in [2.05, 4.69) is 4.85 Å². The number of nitriles is 1. The molecule has 0 aromatic heterocycles. The zero-order valence-electron chi connectivity index (χ0n) is 9.39. The predicted octanol–water partition coefficient (Wildman–Crippen LogP) is 3.47. The monoisotopic (exact) mass is 276 g/mol. The van der Waals surface area contributed by atoms with E-state index in [4.69, 9.17) is 11.8 Å². The normalized spacial score (nSPS) is 15.7. The van der Waals surface area contributed by atoms with Gasteiger partial charge in [0.15, 0.2) is 0 Å². The van der Waals surface area contributed by atoms with Crippen LogP contribution >= 0.6 is 23.5 Å². The first kappa shape index (κ1) is 12.7. The van der Waals surface area contributed by atoms with E-state index in [1.54, 1.807) is 0 Å². The summed E-state index contributed by atoms with van der Waals surface area (Å²) in [5.41, 5.74) is 0.639. The average Bonchev–Trinajstić information content (AvgIpc) is 2.81. The molecular weight excluding hydrogens is 268 g/mol. The number of benzene rings is 1. The van der Waals surface area contributed by atoms with Crippen molar-refractivity contribution in [1.82, 2.24) is 0 Å². The van der Waals surface area contributed by atoms with E-state index in [1.165, 1.54) is 6.07 Å². The number of aromatic hydroxyl groups is 2. The van der Waals surface area contributed by atoms with Gasteiger partial charge in [-0.2, -0.15) is 0 Å². The fourth-order valence-corrected chi connectivity index (χ4v) is 3.99. The van der Waals surface area contributed by atoms with Crippen LogP contribution in [0.2, 0.25) is 0 Å². The first-order valence-electron chi connectivity index (χ1n) is 5.07. The molecule has 0 aliphatic carbocycles. The minimum atomic E-state index is -0.0157. The quantitative estimate of drug-likeness (QED) is 0.467. The Bertz CT molecular complexity index is 623. The lowest BCUT2D eigenvalue weighted by molar-refractivity contribution is 0.430. The first-order valence-corrected chi connectivity index (χ1v) is 6.71. The van der Waals surface area contributed by atoms with Gasteiger partial charge in [-0.3, -0.25) is 0 Å². The number of allylic oxidation sites excluding steroid dienone is 1. The largest absolute Gasteiger partial charge is 0.507 e. The summed E-state index contributed by atoms with van der Waals surface area (Å²) in [6.45, 7) is 8.79. The Morgan fingerprint density at radius 1 is 1.44 bits per heavy atom. The summed E-state index contributed by atoms with van der Waals surface area (Å²) in [4.78, 5) is 4.18. The first-order chi connectivity index (χ1) is 8.62. The Balaban J connectivity index is 2.59. The molecule has 0 radical (unpaired) electrons. The number of phenols is 2. The van der Waals surface area contributed by atoms with Crippen molar-refractivity contribution in [3.63, 3.8) is 0 Å². The molecule has 0 spiro atoms. The fourth-order valence-electron chi connectivity index (χ4n) is 1.55. The van der Waals surface area contributed by atoms with Crippen LogP contribution in [0.25, 0.3) is 4.85 Å². The van der Waals surface area contributed by atoms with Gasteiger partial charge in [-0.15, -0.1) is 0 Å². The van der Waals surface area contributed by atoms with Gasteiger partial charge >= 0.3 is 0 Å². The van der Waals surface area contributed by atoms with Gasteiger partial charge in [-0.1, -0.05) is 30.4 Å². The highest BCUT2D eigenvalue weighted by atomic mass is 32.2. The van der Waals surface area contributed by atoms with Crippen molar-refractivity contribution < 1.29 is 10.2 Å². The van der Waals surface area contributed by atoms with Crippen molar-refractivity contribution in [2.45, 2.75) is 23.1 Å². The molecule has 90 valence electrons. The average molecular weight is 276 g/mol. The molecule has 1 aromatic rings. The molecule has 0 unspecified atom stereocenters. The second kappa shape index (κ2) is 4.85. The minimum absolute atomic E-state index is 0.0157. The number of nitrogens with zero attached hydrogens (tertiary/aromatic N) is 2. The van der Waals surface area contributed by atoms with E-state index in [9.17, 15) is 10.2 Å². The van der Waals surface area contributed by atoms with Crippen molar-refractivity contribution in [2.24, 2.45) is 0 Å². The van der Waals surface area contributed by atoms with E-state index in [0.29, 0.717) is 26.0 Å². The van der Waals surface area contributed by atoms with Gasteiger partial charge < -0.3 is 10.2 Å². The molecule has 2 N–H and O–H groups in total. The van der Waals surface area contributed by atoms with E-state index < -0.39 is 0 Å². The van der Waals surface area contributed by atoms with Crippen molar-refractivity contribution in [2.75, 3.05) is 0 Å². The number of phenolic OH excluding ortho intramolecular Hbond substituents is 2. The molecule has 4 nitrogen and oxygen atoms in total. The molecule has 1 aromatic carbocycles. The van der Waals surface area contributed by atoms with Gasteiger partial charge in [0.05, 0.1) is 26.7 Å². The van der Waals surface area contributed by atoms with Crippen LogP contribution in [0.5, 0.6) is 11.5 Å². The number of hydrogen-bond donors (Lipinski definition) is 2. The van der Waals surface area contributed by atoms with Crippen LogP contribution in [0.4, 0.5) is 0 Å². The number of thioether (sulfide) groups is 2. The lowest BCUT2D eigenvalue weighted by Crippen LogP contribution is -1.85. The summed E-state index contributed by atoms with van der Waals surface area (Å²) < 4.78 is 0.501. The van der Waals surface area contributed by atoms with E-state index in [0.717, 1.165) is 23.5 Å². The van der Waals surface area contributed by atoms with Gasteiger partial charge in [0, 0.05) is 0 Å². The molecule has 0 bridgehead atoms. The molecule has 0 atom stereocenters.